The Morgan fingerprint density at radius 2 is 2.27 bits per heavy atom. The van der Waals surface area contributed by atoms with E-state index in [2.05, 4.69) is 10.3 Å². The van der Waals surface area contributed by atoms with E-state index in [9.17, 15) is 13.6 Å². The minimum absolute atomic E-state index is 0.238. The Bertz CT molecular complexity index is 352. The third kappa shape index (κ3) is 2.71. The molecule has 0 atom stereocenters. The Morgan fingerprint density at radius 3 is 2.73 bits per heavy atom. The molecule has 5 nitrogen and oxygen atoms in total. The van der Waals surface area contributed by atoms with Gasteiger partial charge in [-0.25, -0.2) is 18.3 Å². The second-order valence-electron chi connectivity index (χ2n) is 3.01. The average Bonchev–Trinajstić information content (AvgIpc) is 2.48. The minimum atomic E-state index is -2.57. The SMILES string of the molecule is CCCc1c(C(=O)O)nnn1CC(F)F. The van der Waals surface area contributed by atoms with E-state index in [0.29, 0.717) is 12.8 Å². The van der Waals surface area contributed by atoms with Gasteiger partial charge in [0.1, 0.15) is 6.54 Å². The number of carboxylic acid groups (broad SMARTS) is 1. The van der Waals surface area contributed by atoms with Crippen LogP contribution in [0.1, 0.15) is 29.5 Å². The second kappa shape index (κ2) is 4.81. The lowest BCUT2D eigenvalue weighted by atomic mass is 10.2. The molecule has 0 bridgehead atoms. The van der Waals surface area contributed by atoms with E-state index in [1.807, 2.05) is 6.92 Å². The van der Waals surface area contributed by atoms with Gasteiger partial charge in [0.05, 0.1) is 5.69 Å². The molecule has 0 radical (unpaired) electrons. The van der Waals surface area contributed by atoms with Crippen molar-refractivity contribution >= 4 is 5.97 Å². The third-order valence-corrected chi connectivity index (χ3v) is 1.84. The summed E-state index contributed by atoms with van der Waals surface area (Å²) in [6.07, 6.45) is -1.54. The molecule has 0 unspecified atom stereocenters. The van der Waals surface area contributed by atoms with Crippen molar-refractivity contribution in [2.75, 3.05) is 0 Å². The summed E-state index contributed by atoms with van der Waals surface area (Å²) in [5.74, 6) is -1.24. The van der Waals surface area contributed by atoms with Gasteiger partial charge in [-0.15, -0.1) is 5.10 Å². The number of aromatic nitrogens is 3. The van der Waals surface area contributed by atoms with Gasteiger partial charge in [0.25, 0.3) is 6.43 Å². The molecule has 0 aliphatic heterocycles. The smallest absolute Gasteiger partial charge is 0.358 e. The van der Waals surface area contributed by atoms with E-state index in [1.165, 1.54) is 0 Å². The molecule has 84 valence electrons. The number of aromatic carboxylic acids is 1. The van der Waals surface area contributed by atoms with Crippen LogP contribution in [0.2, 0.25) is 0 Å². The van der Waals surface area contributed by atoms with Crippen LogP contribution in [0.5, 0.6) is 0 Å². The summed E-state index contributed by atoms with van der Waals surface area (Å²) >= 11 is 0. The maximum absolute atomic E-state index is 12.1. The molecule has 0 spiro atoms. The Kier molecular flexibility index (Phi) is 3.70. The van der Waals surface area contributed by atoms with Crippen LogP contribution < -0.4 is 0 Å². The molecule has 1 aromatic rings. The fourth-order valence-electron chi connectivity index (χ4n) is 1.26. The number of hydrogen-bond acceptors (Lipinski definition) is 3. The normalized spacial score (nSPS) is 10.9. The van der Waals surface area contributed by atoms with Crippen LogP contribution in [0.3, 0.4) is 0 Å². The molecule has 0 amide bonds. The molecule has 0 saturated carbocycles. The van der Waals surface area contributed by atoms with Crippen LogP contribution in [0, 0.1) is 0 Å². The number of alkyl halides is 2. The lowest BCUT2D eigenvalue weighted by molar-refractivity contribution is 0.0688. The summed E-state index contributed by atoms with van der Waals surface area (Å²) in [5, 5.41) is 15.5. The Balaban J connectivity index is 3.00. The first-order valence-electron chi connectivity index (χ1n) is 4.50. The van der Waals surface area contributed by atoms with E-state index >= 15 is 0 Å². The van der Waals surface area contributed by atoms with Gasteiger partial charge >= 0.3 is 5.97 Å². The molecule has 0 saturated heterocycles. The predicted octanol–water partition coefficient (Wildman–Crippen LogP) is 1.19. The third-order valence-electron chi connectivity index (χ3n) is 1.84. The first-order valence-corrected chi connectivity index (χ1v) is 4.50. The van der Waals surface area contributed by atoms with Gasteiger partial charge in [-0.05, 0) is 6.42 Å². The molecule has 15 heavy (non-hydrogen) atoms. The Morgan fingerprint density at radius 1 is 1.60 bits per heavy atom. The number of rotatable bonds is 5. The van der Waals surface area contributed by atoms with Crippen LogP contribution in [0.4, 0.5) is 8.78 Å². The second-order valence-corrected chi connectivity index (χ2v) is 3.01. The minimum Gasteiger partial charge on any atom is -0.476 e. The molecular formula is C8H11F2N3O2. The van der Waals surface area contributed by atoms with E-state index in [0.717, 1.165) is 4.68 Å². The van der Waals surface area contributed by atoms with Crippen molar-refractivity contribution in [3.63, 3.8) is 0 Å². The molecule has 1 N–H and O–H groups in total. The van der Waals surface area contributed by atoms with Crippen molar-refractivity contribution in [1.82, 2.24) is 15.0 Å². The quantitative estimate of drug-likeness (QED) is 0.807. The Hall–Kier alpha value is -1.53. The standard InChI is InChI=1S/C8H11F2N3O2/c1-2-3-5-7(8(14)15)11-12-13(5)4-6(9)10/h6H,2-4H2,1H3,(H,14,15). The van der Waals surface area contributed by atoms with Crippen molar-refractivity contribution in [3.05, 3.63) is 11.4 Å². The van der Waals surface area contributed by atoms with E-state index in [4.69, 9.17) is 5.11 Å². The van der Waals surface area contributed by atoms with E-state index in [-0.39, 0.29) is 11.4 Å². The molecule has 7 heteroatoms. The van der Waals surface area contributed by atoms with E-state index < -0.39 is 18.9 Å². The first kappa shape index (κ1) is 11.5. The van der Waals surface area contributed by atoms with Crippen molar-refractivity contribution in [3.8, 4) is 0 Å². The fourth-order valence-corrected chi connectivity index (χ4v) is 1.26. The van der Waals surface area contributed by atoms with Crippen molar-refractivity contribution < 1.29 is 18.7 Å². The van der Waals surface area contributed by atoms with Crippen molar-refractivity contribution in [2.24, 2.45) is 0 Å². The van der Waals surface area contributed by atoms with Gasteiger partial charge in [0.2, 0.25) is 0 Å². The molecule has 0 aliphatic rings. The molecule has 0 aliphatic carbocycles. The van der Waals surface area contributed by atoms with Crippen molar-refractivity contribution in [2.45, 2.75) is 32.7 Å². The van der Waals surface area contributed by atoms with Gasteiger partial charge in [0, 0.05) is 0 Å². The molecule has 1 rings (SSSR count). The predicted molar refractivity (Wildman–Crippen MR) is 47.0 cm³/mol. The summed E-state index contributed by atoms with van der Waals surface area (Å²) < 4.78 is 25.2. The maximum Gasteiger partial charge on any atom is 0.358 e. The zero-order valence-electron chi connectivity index (χ0n) is 8.15. The zero-order chi connectivity index (χ0) is 11.4. The average molecular weight is 219 g/mol. The molecule has 1 aromatic heterocycles. The highest BCUT2D eigenvalue weighted by Gasteiger charge is 2.19. The molecule has 1 heterocycles. The highest BCUT2D eigenvalue weighted by atomic mass is 19.3. The van der Waals surface area contributed by atoms with Crippen LogP contribution >= 0.6 is 0 Å². The van der Waals surface area contributed by atoms with Gasteiger partial charge in [-0.3, -0.25) is 0 Å². The van der Waals surface area contributed by atoms with Crippen LogP contribution in [0.15, 0.2) is 0 Å². The fraction of sp³-hybridized carbons (Fsp3) is 0.625. The summed E-state index contributed by atoms with van der Waals surface area (Å²) in [4.78, 5) is 10.7. The number of halogens is 2. The lowest BCUT2D eigenvalue weighted by Crippen LogP contribution is -2.13. The van der Waals surface area contributed by atoms with E-state index in [1.54, 1.807) is 0 Å². The zero-order valence-corrected chi connectivity index (χ0v) is 8.15. The van der Waals surface area contributed by atoms with Gasteiger partial charge < -0.3 is 5.11 Å². The summed E-state index contributed by atoms with van der Waals surface area (Å²) in [6.45, 7) is 1.21. The van der Waals surface area contributed by atoms with Crippen LogP contribution in [-0.2, 0) is 13.0 Å². The van der Waals surface area contributed by atoms with Gasteiger partial charge in [-0.1, -0.05) is 18.6 Å². The van der Waals surface area contributed by atoms with Crippen molar-refractivity contribution in [1.29, 1.82) is 0 Å². The summed E-state index contributed by atoms with van der Waals surface area (Å²) in [5.41, 5.74) is 0.0165. The van der Waals surface area contributed by atoms with Gasteiger partial charge in [0.15, 0.2) is 5.69 Å². The van der Waals surface area contributed by atoms with Crippen LogP contribution in [0.25, 0.3) is 0 Å². The Labute approximate surface area is 84.7 Å². The maximum atomic E-state index is 12.1. The molecule has 0 aromatic carbocycles. The number of hydrogen-bond donors (Lipinski definition) is 1. The van der Waals surface area contributed by atoms with Crippen LogP contribution in [-0.4, -0.2) is 32.5 Å². The number of carboxylic acids is 1. The van der Waals surface area contributed by atoms with Gasteiger partial charge in [-0.2, -0.15) is 0 Å². The topological polar surface area (TPSA) is 68.0 Å². The first-order chi connectivity index (χ1) is 7.06. The monoisotopic (exact) mass is 219 g/mol. The summed E-state index contributed by atoms with van der Waals surface area (Å²) in [6, 6.07) is 0. The largest absolute Gasteiger partial charge is 0.476 e. The highest BCUT2D eigenvalue weighted by molar-refractivity contribution is 5.86. The number of carbonyl (C=O) groups is 1. The number of nitrogens with zero attached hydrogens (tertiary/aromatic N) is 3. The highest BCUT2D eigenvalue weighted by Crippen LogP contribution is 2.10. The molecular weight excluding hydrogens is 208 g/mol. The molecule has 0 fully saturated rings. The lowest BCUT2D eigenvalue weighted by Gasteiger charge is -2.04. The summed E-state index contributed by atoms with van der Waals surface area (Å²) in [7, 11) is 0.